The molecule has 19 heavy (non-hydrogen) atoms. The lowest BCUT2D eigenvalue weighted by atomic mass is 10.1. The predicted molar refractivity (Wildman–Crippen MR) is 75.1 cm³/mol. The van der Waals surface area contributed by atoms with Crippen molar-refractivity contribution < 1.29 is 13.9 Å². The molecule has 0 bridgehead atoms. The molecule has 0 aliphatic carbocycles. The predicted octanol–water partition coefficient (Wildman–Crippen LogP) is 3.30. The molecule has 0 saturated heterocycles. The maximum absolute atomic E-state index is 13.8. The van der Waals surface area contributed by atoms with Crippen LogP contribution < -0.4 is 10.1 Å². The average Bonchev–Trinajstić information content (AvgIpc) is 2.40. The molecule has 1 atom stereocenters. The lowest BCUT2D eigenvalue weighted by Crippen LogP contribution is -2.17. The van der Waals surface area contributed by atoms with Crippen molar-refractivity contribution >= 4 is 0 Å². The largest absolute Gasteiger partial charge is 0.491 e. The fourth-order valence-electron chi connectivity index (χ4n) is 1.86. The maximum Gasteiger partial charge on any atom is 0.165 e. The molecular formula is C15H24FNO2. The standard InChI is InChI=1S/C15H24FNO2/c1-4-17-12(2)13-7-8-15(14(16)11-13)19-10-6-5-9-18-3/h7-8,11-12,17H,4-6,9-10H2,1-3H3. The Morgan fingerprint density at radius 3 is 2.63 bits per heavy atom. The van der Waals surface area contributed by atoms with E-state index in [1.54, 1.807) is 13.2 Å². The molecule has 0 fully saturated rings. The first-order chi connectivity index (χ1) is 9.19. The van der Waals surface area contributed by atoms with Gasteiger partial charge >= 0.3 is 0 Å². The summed E-state index contributed by atoms with van der Waals surface area (Å²) in [6, 6.07) is 5.29. The van der Waals surface area contributed by atoms with Crippen molar-refractivity contribution in [1.29, 1.82) is 0 Å². The molecule has 0 amide bonds. The van der Waals surface area contributed by atoms with Crippen LogP contribution in [0.5, 0.6) is 5.75 Å². The van der Waals surface area contributed by atoms with Crippen molar-refractivity contribution in [2.75, 3.05) is 26.9 Å². The molecule has 0 heterocycles. The summed E-state index contributed by atoms with van der Waals surface area (Å²) < 4.78 is 24.2. The molecule has 0 aliphatic rings. The number of benzene rings is 1. The third-order valence-electron chi connectivity index (χ3n) is 2.97. The second-order valence-electron chi connectivity index (χ2n) is 4.52. The molecule has 1 N–H and O–H groups in total. The van der Waals surface area contributed by atoms with Gasteiger partial charge in [-0.1, -0.05) is 13.0 Å². The van der Waals surface area contributed by atoms with Gasteiger partial charge in [0.15, 0.2) is 11.6 Å². The summed E-state index contributed by atoms with van der Waals surface area (Å²) in [6.07, 6.45) is 1.79. The Morgan fingerprint density at radius 1 is 1.26 bits per heavy atom. The highest BCUT2D eigenvalue weighted by Gasteiger charge is 2.09. The van der Waals surface area contributed by atoms with Gasteiger partial charge < -0.3 is 14.8 Å². The molecule has 3 nitrogen and oxygen atoms in total. The van der Waals surface area contributed by atoms with E-state index < -0.39 is 0 Å². The van der Waals surface area contributed by atoms with Crippen molar-refractivity contribution in [1.82, 2.24) is 5.32 Å². The van der Waals surface area contributed by atoms with Crippen molar-refractivity contribution in [3.8, 4) is 5.75 Å². The van der Waals surface area contributed by atoms with E-state index in [9.17, 15) is 4.39 Å². The highest BCUT2D eigenvalue weighted by Crippen LogP contribution is 2.22. The smallest absolute Gasteiger partial charge is 0.165 e. The number of hydrogen-bond acceptors (Lipinski definition) is 3. The van der Waals surface area contributed by atoms with Gasteiger partial charge in [0.05, 0.1) is 6.61 Å². The summed E-state index contributed by atoms with van der Waals surface area (Å²) in [6.45, 7) is 6.14. The van der Waals surface area contributed by atoms with E-state index in [1.807, 2.05) is 19.9 Å². The summed E-state index contributed by atoms with van der Waals surface area (Å²) in [5.41, 5.74) is 0.936. The van der Waals surface area contributed by atoms with Crippen molar-refractivity contribution in [3.63, 3.8) is 0 Å². The minimum absolute atomic E-state index is 0.148. The van der Waals surface area contributed by atoms with Gasteiger partial charge in [0.2, 0.25) is 0 Å². The summed E-state index contributed by atoms with van der Waals surface area (Å²) in [5.74, 6) is 0.0267. The molecule has 1 unspecified atom stereocenters. The maximum atomic E-state index is 13.8. The van der Waals surface area contributed by atoms with Crippen molar-refractivity contribution in [2.45, 2.75) is 32.7 Å². The zero-order valence-electron chi connectivity index (χ0n) is 12.0. The van der Waals surface area contributed by atoms with E-state index in [2.05, 4.69) is 5.32 Å². The summed E-state index contributed by atoms with van der Waals surface area (Å²) >= 11 is 0. The Bertz CT molecular complexity index is 371. The van der Waals surface area contributed by atoms with Gasteiger partial charge in [0.1, 0.15) is 0 Å². The molecule has 0 aromatic heterocycles. The Balaban J connectivity index is 2.47. The molecule has 0 aliphatic heterocycles. The Labute approximate surface area is 115 Å². The van der Waals surface area contributed by atoms with E-state index in [0.717, 1.165) is 24.9 Å². The normalized spacial score (nSPS) is 12.4. The van der Waals surface area contributed by atoms with Crippen LogP contribution in [0.3, 0.4) is 0 Å². The second kappa shape index (κ2) is 8.88. The van der Waals surface area contributed by atoms with Gasteiger partial charge in [-0.3, -0.25) is 0 Å². The number of hydrogen-bond donors (Lipinski definition) is 1. The number of ether oxygens (including phenoxy) is 2. The van der Waals surface area contributed by atoms with E-state index in [0.29, 0.717) is 19.0 Å². The summed E-state index contributed by atoms with van der Waals surface area (Å²) in [4.78, 5) is 0. The molecule has 108 valence electrons. The SMILES string of the molecule is CCNC(C)c1ccc(OCCCCOC)c(F)c1. The van der Waals surface area contributed by atoms with Crippen LogP contribution in [0.4, 0.5) is 4.39 Å². The number of halogens is 1. The van der Waals surface area contributed by atoms with Gasteiger partial charge in [-0.05, 0) is 44.0 Å². The first-order valence-corrected chi connectivity index (χ1v) is 6.83. The first-order valence-electron chi connectivity index (χ1n) is 6.83. The van der Waals surface area contributed by atoms with Crippen LogP contribution in [-0.4, -0.2) is 26.9 Å². The van der Waals surface area contributed by atoms with Crippen LogP contribution in [0.1, 0.15) is 38.3 Å². The molecular weight excluding hydrogens is 245 g/mol. The van der Waals surface area contributed by atoms with E-state index >= 15 is 0 Å². The number of unbranched alkanes of at least 4 members (excludes halogenated alkanes) is 1. The molecule has 0 radical (unpaired) electrons. The quantitative estimate of drug-likeness (QED) is 0.698. The highest BCUT2D eigenvalue weighted by molar-refractivity contribution is 5.30. The Kier molecular flexibility index (Phi) is 7.45. The third kappa shape index (κ3) is 5.57. The molecule has 4 heteroatoms. The van der Waals surface area contributed by atoms with E-state index in [4.69, 9.17) is 9.47 Å². The van der Waals surface area contributed by atoms with Crippen molar-refractivity contribution in [3.05, 3.63) is 29.6 Å². The molecule has 1 rings (SSSR count). The Hall–Kier alpha value is -1.13. The molecule has 0 saturated carbocycles. The third-order valence-corrected chi connectivity index (χ3v) is 2.97. The summed E-state index contributed by atoms with van der Waals surface area (Å²) in [7, 11) is 1.67. The number of nitrogens with one attached hydrogen (secondary N) is 1. The second-order valence-corrected chi connectivity index (χ2v) is 4.52. The van der Waals surface area contributed by atoms with Gasteiger partial charge in [-0.25, -0.2) is 4.39 Å². The van der Waals surface area contributed by atoms with Crippen LogP contribution in [0.25, 0.3) is 0 Å². The Morgan fingerprint density at radius 2 is 2.00 bits per heavy atom. The lowest BCUT2D eigenvalue weighted by Gasteiger charge is -2.14. The summed E-state index contributed by atoms with van der Waals surface area (Å²) in [5, 5.41) is 3.25. The van der Waals surface area contributed by atoms with Crippen molar-refractivity contribution in [2.24, 2.45) is 0 Å². The van der Waals surface area contributed by atoms with Crippen LogP contribution in [0, 0.1) is 5.82 Å². The first kappa shape index (κ1) is 15.9. The monoisotopic (exact) mass is 269 g/mol. The molecule has 0 spiro atoms. The zero-order valence-corrected chi connectivity index (χ0v) is 12.0. The van der Waals surface area contributed by atoms with Gasteiger partial charge in [-0.2, -0.15) is 0 Å². The van der Waals surface area contributed by atoms with Gasteiger partial charge in [0, 0.05) is 19.8 Å². The van der Waals surface area contributed by atoms with Gasteiger partial charge in [-0.15, -0.1) is 0 Å². The molecule has 1 aromatic rings. The fraction of sp³-hybridized carbons (Fsp3) is 0.600. The number of methoxy groups -OCH3 is 1. The topological polar surface area (TPSA) is 30.5 Å². The number of rotatable bonds is 9. The fourth-order valence-corrected chi connectivity index (χ4v) is 1.86. The zero-order chi connectivity index (χ0) is 14.1. The van der Waals surface area contributed by atoms with E-state index in [-0.39, 0.29) is 11.9 Å². The average molecular weight is 269 g/mol. The lowest BCUT2D eigenvalue weighted by molar-refractivity contribution is 0.183. The molecule has 1 aromatic carbocycles. The highest BCUT2D eigenvalue weighted by atomic mass is 19.1. The minimum Gasteiger partial charge on any atom is -0.491 e. The minimum atomic E-state index is -0.297. The van der Waals surface area contributed by atoms with Gasteiger partial charge in [0.25, 0.3) is 0 Å². The van der Waals surface area contributed by atoms with E-state index in [1.165, 1.54) is 6.07 Å². The van der Waals surface area contributed by atoms with Crippen LogP contribution in [0.2, 0.25) is 0 Å². The van der Waals surface area contributed by atoms with Crippen LogP contribution in [0.15, 0.2) is 18.2 Å². The van der Waals surface area contributed by atoms with Crippen LogP contribution in [-0.2, 0) is 4.74 Å². The van der Waals surface area contributed by atoms with Crippen LogP contribution >= 0.6 is 0 Å².